The Morgan fingerprint density at radius 2 is 2.20 bits per heavy atom. The standard InChI is InChI=1S/C18H19F2NO3S/c1-11-5-13-6-14(3-4-16(13)24-11)23-8-15-7-21(12(2)25-15)17-9-22-10-18(17,19)20/h3-7,12,17H,8-10H2,1-2H3. The molecular formula is C18H19F2NO3S. The van der Waals surface area contributed by atoms with E-state index in [1.807, 2.05) is 38.1 Å². The van der Waals surface area contributed by atoms with Crippen molar-refractivity contribution in [3.8, 4) is 5.75 Å². The van der Waals surface area contributed by atoms with E-state index in [1.165, 1.54) is 0 Å². The summed E-state index contributed by atoms with van der Waals surface area (Å²) < 4.78 is 44.2. The lowest BCUT2D eigenvalue weighted by molar-refractivity contribution is -0.0464. The average Bonchev–Trinajstić information content (AvgIpc) is 3.20. The van der Waals surface area contributed by atoms with Crippen LogP contribution in [0.5, 0.6) is 5.75 Å². The van der Waals surface area contributed by atoms with Crippen molar-refractivity contribution in [3.63, 3.8) is 0 Å². The van der Waals surface area contributed by atoms with Gasteiger partial charge in [-0.3, -0.25) is 0 Å². The van der Waals surface area contributed by atoms with Crippen molar-refractivity contribution in [1.29, 1.82) is 0 Å². The normalized spacial score (nSPS) is 25.6. The third-order valence-corrected chi connectivity index (χ3v) is 5.56. The SMILES string of the molecule is Cc1cc2cc(OCC3=CN(C4COCC4(F)F)C(C)S3)ccc2o1. The summed E-state index contributed by atoms with van der Waals surface area (Å²) in [5, 5.41) is 0.927. The van der Waals surface area contributed by atoms with E-state index in [9.17, 15) is 8.78 Å². The molecule has 1 saturated heterocycles. The largest absolute Gasteiger partial charge is 0.488 e. The van der Waals surface area contributed by atoms with Crippen molar-refractivity contribution in [1.82, 2.24) is 4.90 Å². The second kappa shape index (κ2) is 6.21. The molecule has 134 valence electrons. The highest BCUT2D eigenvalue weighted by Gasteiger charge is 2.50. The Morgan fingerprint density at radius 3 is 2.96 bits per heavy atom. The molecule has 0 bridgehead atoms. The first-order chi connectivity index (χ1) is 11.9. The number of furan rings is 1. The quantitative estimate of drug-likeness (QED) is 0.801. The van der Waals surface area contributed by atoms with Crippen molar-refractivity contribution in [2.45, 2.75) is 31.2 Å². The molecule has 2 unspecified atom stereocenters. The highest BCUT2D eigenvalue weighted by atomic mass is 32.2. The maximum absolute atomic E-state index is 13.9. The number of halogens is 2. The summed E-state index contributed by atoms with van der Waals surface area (Å²) in [6.45, 7) is 3.73. The number of alkyl halides is 2. The van der Waals surface area contributed by atoms with Crippen molar-refractivity contribution in [3.05, 3.63) is 41.1 Å². The third-order valence-electron chi connectivity index (χ3n) is 4.44. The van der Waals surface area contributed by atoms with Crippen LogP contribution in [-0.4, -0.2) is 42.1 Å². The Hall–Kier alpha value is -1.73. The second-order valence-electron chi connectivity index (χ2n) is 6.40. The molecule has 1 aromatic carbocycles. The van der Waals surface area contributed by atoms with Gasteiger partial charge in [0.1, 0.15) is 36.3 Å². The maximum atomic E-state index is 13.9. The lowest BCUT2D eigenvalue weighted by Gasteiger charge is -2.30. The summed E-state index contributed by atoms with van der Waals surface area (Å²) in [7, 11) is 0. The van der Waals surface area contributed by atoms with E-state index < -0.39 is 18.6 Å². The smallest absolute Gasteiger partial charge is 0.293 e. The Balaban J connectivity index is 1.44. The Morgan fingerprint density at radius 1 is 1.36 bits per heavy atom. The molecule has 7 heteroatoms. The van der Waals surface area contributed by atoms with Gasteiger partial charge in [0.05, 0.1) is 12.0 Å². The fourth-order valence-electron chi connectivity index (χ4n) is 3.22. The number of benzene rings is 1. The Bertz CT molecular complexity index is 820. The lowest BCUT2D eigenvalue weighted by Crippen LogP contribution is -2.45. The van der Waals surface area contributed by atoms with Crippen LogP contribution < -0.4 is 4.74 Å². The van der Waals surface area contributed by atoms with E-state index in [4.69, 9.17) is 13.9 Å². The first-order valence-electron chi connectivity index (χ1n) is 8.16. The molecule has 3 heterocycles. The zero-order valence-electron chi connectivity index (χ0n) is 14.0. The maximum Gasteiger partial charge on any atom is 0.293 e. The van der Waals surface area contributed by atoms with Gasteiger partial charge in [-0.05, 0) is 38.1 Å². The monoisotopic (exact) mass is 367 g/mol. The zero-order chi connectivity index (χ0) is 17.6. The number of hydrogen-bond acceptors (Lipinski definition) is 5. The van der Waals surface area contributed by atoms with Crippen LogP contribution in [-0.2, 0) is 4.74 Å². The van der Waals surface area contributed by atoms with Crippen molar-refractivity contribution < 1.29 is 22.7 Å². The molecule has 2 aliphatic rings. The molecule has 0 aliphatic carbocycles. The molecule has 2 aliphatic heterocycles. The second-order valence-corrected chi connectivity index (χ2v) is 7.84. The molecule has 0 amide bonds. The minimum absolute atomic E-state index is 0.0546. The first kappa shape index (κ1) is 16.7. The predicted octanol–water partition coefficient (Wildman–Crippen LogP) is 4.39. The number of thioether (sulfide) groups is 1. The van der Waals surface area contributed by atoms with E-state index in [1.54, 1.807) is 22.9 Å². The number of ether oxygens (including phenoxy) is 2. The molecule has 1 fully saturated rings. The fraction of sp³-hybridized carbons (Fsp3) is 0.444. The summed E-state index contributed by atoms with van der Waals surface area (Å²) in [5.41, 5.74) is 0.822. The van der Waals surface area contributed by atoms with Gasteiger partial charge in [0.25, 0.3) is 5.92 Å². The predicted molar refractivity (Wildman–Crippen MR) is 93.0 cm³/mol. The molecule has 4 rings (SSSR count). The number of aryl methyl sites for hydroxylation is 1. The van der Waals surface area contributed by atoms with Crippen LogP contribution in [0.3, 0.4) is 0 Å². The van der Waals surface area contributed by atoms with Crippen molar-refractivity contribution >= 4 is 22.7 Å². The van der Waals surface area contributed by atoms with Crippen molar-refractivity contribution in [2.24, 2.45) is 0 Å². The highest BCUT2D eigenvalue weighted by Crippen LogP contribution is 2.40. The molecule has 0 saturated carbocycles. The lowest BCUT2D eigenvalue weighted by atomic mass is 10.2. The number of nitrogens with zero attached hydrogens (tertiary/aromatic N) is 1. The third kappa shape index (κ3) is 3.22. The summed E-state index contributed by atoms with van der Waals surface area (Å²) in [6, 6.07) is 6.70. The van der Waals surface area contributed by atoms with Crippen LogP contribution in [0, 0.1) is 6.92 Å². The minimum atomic E-state index is -2.81. The van der Waals surface area contributed by atoms with Gasteiger partial charge in [0.15, 0.2) is 0 Å². The summed E-state index contributed by atoms with van der Waals surface area (Å²) in [4.78, 5) is 2.62. The van der Waals surface area contributed by atoms with Gasteiger partial charge in [-0.25, -0.2) is 8.78 Å². The van der Waals surface area contributed by atoms with Gasteiger partial charge in [0.2, 0.25) is 0 Å². The van der Waals surface area contributed by atoms with Crippen LogP contribution in [0.2, 0.25) is 0 Å². The molecule has 4 nitrogen and oxygen atoms in total. The van der Waals surface area contributed by atoms with E-state index in [0.29, 0.717) is 6.61 Å². The molecule has 0 radical (unpaired) electrons. The number of rotatable bonds is 4. The summed E-state index contributed by atoms with van der Waals surface area (Å²) in [6.07, 6.45) is 1.78. The molecular weight excluding hydrogens is 348 g/mol. The van der Waals surface area contributed by atoms with E-state index in [2.05, 4.69) is 0 Å². The van der Waals surface area contributed by atoms with Crippen LogP contribution in [0.15, 0.2) is 39.8 Å². The number of fused-ring (bicyclic) bond motifs is 1. The Kier molecular flexibility index (Phi) is 4.16. The van der Waals surface area contributed by atoms with Gasteiger partial charge >= 0.3 is 0 Å². The summed E-state index contributed by atoms with van der Waals surface area (Å²) >= 11 is 1.54. The van der Waals surface area contributed by atoms with Crippen LogP contribution >= 0.6 is 11.8 Å². The molecule has 2 atom stereocenters. The molecule has 2 aromatic rings. The van der Waals surface area contributed by atoms with Crippen LogP contribution in [0.25, 0.3) is 11.0 Å². The first-order valence-corrected chi connectivity index (χ1v) is 9.04. The average molecular weight is 367 g/mol. The highest BCUT2D eigenvalue weighted by molar-refractivity contribution is 8.03. The van der Waals surface area contributed by atoms with E-state index in [0.717, 1.165) is 27.4 Å². The molecule has 0 spiro atoms. The molecule has 25 heavy (non-hydrogen) atoms. The number of hydrogen-bond donors (Lipinski definition) is 0. The molecule has 1 aromatic heterocycles. The summed E-state index contributed by atoms with van der Waals surface area (Å²) in [5.74, 6) is -1.23. The van der Waals surface area contributed by atoms with Gasteiger partial charge in [-0.1, -0.05) is 0 Å². The van der Waals surface area contributed by atoms with Gasteiger partial charge in [-0.15, -0.1) is 11.8 Å². The Labute approximate surface area is 148 Å². The van der Waals surface area contributed by atoms with Crippen molar-refractivity contribution in [2.75, 3.05) is 19.8 Å². The fourth-order valence-corrected chi connectivity index (χ4v) is 4.30. The minimum Gasteiger partial charge on any atom is -0.488 e. The van der Waals surface area contributed by atoms with E-state index >= 15 is 0 Å². The van der Waals surface area contributed by atoms with Crippen LogP contribution in [0.4, 0.5) is 8.78 Å². The topological polar surface area (TPSA) is 34.8 Å². The van der Waals surface area contributed by atoms with Gasteiger partial charge < -0.3 is 18.8 Å². The molecule has 0 N–H and O–H groups in total. The van der Waals surface area contributed by atoms with Gasteiger partial charge in [-0.2, -0.15) is 0 Å². The zero-order valence-corrected chi connectivity index (χ0v) is 14.8. The van der Waals surface area contributed by atoms with Gasteiger partial charge in [0, 0.05) is 16.5 Å². The van der Waals surface area contributed by atoms with Crippen LogP contribution in [0.1, 0.15) is 12.7 Å². The van der Waals surface area contributed by atoms with E-state index in [-0.39, 0.29) is 12.0 Å².